The summed E-state index contributed by atoms with van der Waals surface area (Å²) in [6.45, 7) is 7.75. The Kier molecular flexibility index (Phi) is 5.58. The molecule has 0 saturated carbocycles. The molecular weight excluding hydrogens is 254 g/mol. The van der Waals surface area contributed by atoms with Crippen LogP contribution < -0.4 is 5.32 Å². The molecule has 21 heavy (non-hydrogen) atoms. The maximum absolute atomic E-state index is 3.66. The van der Waals surface area contributed by atoms with Crippen LogP contribution in [0.3, 0.4) is 0 Å². The first-order chi connectivity index (χ1) is 10.2. The average Bonchev–Trinajstić information content (AvgIpc) is 2.53. The summed E-state index contributed by atoms with van der Waals surface area (Å²) in [4.78, 5) is 0. The summed E-state index contributed by atoms with van der Waals surface area (Å²) >= 11 is 0. The minimum atomic E-state index is 0.160. The van der Waals surface area contributed by atoms with Crippen molar-refractivity contribution in [2.24, 2.45) is 0 Å². The van der Waals surface area contributed by atoms with Crippen molar-refractivity contribution in [2.75, 3.05) is 6.54 Å². The van der Waals surface area contributed by atoms with Gasteiger partial charge < -0.3 is 5.32 Å². The Morgan fingerprint density at radius 2 is 1.48 bits per heavy atom. The Balaban J connectivity index is 2.32. The highest BCUT2D eigenvalue weighted by Crippen LogP contribution is 2.31. The Hall–Kier alpha value is -1.60. The molecule has 2 rings (SSSR count). The van der Waals surface area contributed by atoms with Crippen LogP contribution in [0.2, 0.25) is 0 Å². The lowest BCUT2D eigenvalue weighted by Gasteiger charge is -2.35. The van der Waals surface area contributed by atoms with Gasteiger partial charge in [-0.1, -0.05) is 81.4 Å². The minimum Gasteiger partial charge on any atom is -0.314 e. The highest BCUT2D eigenvalue weighted by molar-refractivity contribution is 5.30. The van der Waals surface area contributed by atoms with Gasteiger partial charge in [-0.2, -0.15) is 0 Å². The molecule has 0 aliphatic heterocycles. The molecule has 1 N–H and O–H groups in total. The lowest BCUT2D eigenvalue weighted by atomic mass is 9.73. The molecule has 1 nitrogen and oxygen atoms in total. The summed E-state index contributed by atoms with van der Waals surface area (Å²) in [6.07, 6.45) is 2.21. The van der Waals surface area contributed by atoms with Gasteiger partial charge in [0.15, 0.2) is 0 Å². The predicted octanol–water partition coefficient (Wildman–Crippen LogP) is 4.58. The second-order valence-electron chi connectivity index (χ2n) is 6.20. The number of nitrogens with one attached hydrogen (secondary N) is 1. The topological polar surface area (TPSA) is 12.0 Å². The van der Waals surface area contributed by atoms with Crippen LogP contribution in [0.25, 0.3) is 0 Å². The smallest absolute Gasteiger partial charge is 0.0115 e. The zero-order valence-corrected chi connectivity index (χ0v) is 13.5. The molecule has 1 atom stereocenters. The molecule has 0 fully saturated rings. The molecule has 0 bridgehead atoms. The normalized spacial score (nSPS) is 14.1. The van der Waals surface area contributed by atoms with E-state index in [1.807, 2.05) is 0 Å². The standard InChI is InChI=1S/C20H27N/c1-4-20(16-21-17(2)3,19-13-9-6-10-14-19)15-18-11-7-5-8-12-18/h5-14,17,21H,4,15-16H2,1-3H3. The van der Waals surface area contributed by atoms with Crippen LogP contribution >= 0.6 is 0 Å². The van der Waals surface area contributed by atoms with Gasteiger partial charge in [-0.15, -0.1) is 0 Å². The first-order valence-corrected chi connectivity index (χ1v) is 7.99. The fourth-order valence-corrected chi connectivity index (χ4v) is 2.90. The van der Waals surface area contributed by atoms with E-state index in [-0.39, 0.29) is 5.41 Å². The Labute approximate surface area is 129 Å². The van der Waals surface area contributed by atoms with Crippen LogP contribution in [-0.4, -0.2) is 12.6 Å². The van der Waals surface area contributed by atoms with Gasteiger partial charge in [-0.25, -0.2) is 0 Å². The van der Waals surface area contributed by atoms with Crippen molar-refractivity contribution in [3.05, 3.63) is 71.8 Å². The Bertz CT molecular complexity index is 518. The molecule has 1 heteroatoms. The summed E-state index contributed by atoms with van der Waals surface area (Å²) in [5.74, 6) is 0. The van der Waals surface area contributed by atoms with Crippen LogP contribution in [-0.2, 0) is 11.8 Å². The second-order valence-corrected chi connectivity index (χ2v) is 6.20. The lowest BCUT2D eigenvalue weighted by Crippen LogP contribution is -2.42. The van der Waals surface area contributed by atoms with Crippen molar-refractivity contribution >= 4 is 0 Å². The highest BCUT2D eigenvalue weighted by atomic mass is 14.9. The third kappa shape index (κ3) is 4.18. The van der Waals surface area contributed by atoms with Crippen molar-refractivity contribution in [1.82, 2.24) is 5.32 Å². The molecule has 0 heterocycles. The third-order valence-electron chi connectivity index (χ3n) is 4.30. The SMILES string of the molecule is CCC(CNC(C)C)(Cc1ccccc1)c1ccccc1. The molecule has 0 aliphatic carbocycles. The fourth-order valence-electron chi connectivity index (χ4n) is 2.90. The van der Waals surface area contributed by atoms with Crippen molar-refractivity contribution in [2.45, 2.75) is 45.1 Å². The molecule has 0 amide bonds. The van der Waals surface area contributed by atoms with Gasteiger partial charge in [0.1, 0.15) is 0 Å². The van der Waals surface area contributed by atoms with Gasteiger partial charge in [0.2, 0.25) is 0 Å². The van der Waals surface area contributed by atoms with E-state index in [0.717, 1.165) is 19.4 Å². The van der Waals surface area contributed by atoms with E-state index in [1.54, 1.807) is 0 Å². The number of benzene rings is 2. The summed E-state index contributed by atoms with van der Waals surface area (Å²) in [5, 5.41) is 3.66. The Morgan fingerprint density at radius 3 is 2.00 bits per heavy atom. The maximum atomic E-state index is 3.66. The van der Waals surface area contributed by atoms with Gasteiger partial charge in [-0.05, 0) is 24.0 Å². The van der Waals surface area contributed by atoms with Crippen LogP contribution in [0.1, 0.15) is 38.3 Å². The molecule has 0 radical (unpaired) electrons. The minimum absolute atomic E-state index is 0.160. The average molecular weight is 281 g/mol. The van der Waals surface area contributed by atoms with Gasteiger partial charge in [0.25, 0.3) is 0 Å². The van der Waals surface area contributed by atoms with E-state index in [4.69, 9.17) is 0 Å². The summed E-state index contributed by atoms with van der Waals surface area (Å²) in [5.41, 5.74) is 3.01. The van der Waals surface area contributed by atoms with Gasteiger partial charge in [-0.3, -0.25) is 0 Å². The van der Waals surface area contributed by atoms with E-state index in [2.05, 4.69) is 86.8 Å². The number of hydrogen-bond donors (Lipinski definition) is 1. The second kappa shape index (κ2) is 7.42. The highest BCUT2D eigenvalue weighted by Gasteiger charge is 2.30. The molecule has 0 saturated heterocycles. The zero-order chi connectivity index (χ0) is 15.1. The molecular formula is C20H27N. The Morgan fingerprint density at radius 1 is 0.905 bits per heavy atom. The van der Waals surface area contributed by atoms with Crippen LogP contribution in [0.4, 0.5) is 0 Å². The molecule has 1 unspecified atom stereocenters. The van der Waals surface area contributed by atoms with Gasteiger partial charge in [0, 0.05) is 18.0 Å². The maximum Gasteiger partial charge on any atom is 0.0115 e. The van der Waals surface area contributed by atoms with Gasteiger partial charge >= 0.3 is 0 Å². The molecule has 0 aliphatic rings. The molecule has 0 spiro atoms. The van der Waals surface area contributed by atoms with E-state index in [0.29, 0.717) is 6.04 Å². The summed E-state index contributed by atoms with van der Waals surface area (Å²) in [6, 6.07) is 22.3. The van der Waals surface area contributed by atoms with Crippen molar-refractivity contribution < 1.29 is 0 Å². The van der Waals surface area contributed by atoms with Crippen LogP contribution in [0.15, 0.2) is 60.7 Å². The largest absolute Gasteiger partial charge is 0.314 e. The molecule has 0 aromatic heterocycles. The van der Waals surface area contributed by atoms with E-state index < -0.39 is 0 Å². The van der Waals surface area contributed by atoms with E-state index in [9.17, 15) is 0 Å². The van der Waals surface area contributed by atoms with Crippen LogP contribution in [0, 0.1) is 0 Å². The first kappa shape index (κ1) is 15.8. The zero-order valence-electron chi connectivity index (χ0n) is 13.5. The third-order valence-corrected chi connectivity index (χ3v) is 4.30. The van der Waals surface area contributed by atoms with Crippen molar-refractivity contribution in [1.29, 1.82) is 0 Å². The summed E-state index contributed by atoms with van der Waals surface area (Å²) < 4.78 is 0. The summed E-state index contributed by atoms with van der Waals surface area (Å²) in [7, 11) is 0. The quantitative estimate of drug-likeness (QED) is 0.783. The number of rotatable bonds is 7. The lowest BCUT2D eigenvalue weighted by molar-refractivity contribution is 0.363. The van der Waals surface area contributed by atoms with E-state index in [1.165, 1.54) is 11.1 Å². The van der Waals surface area contributed by atoms with Crippen LogP contribution in [0.5, 0.6) is 0 Å². The molecule has 2 aromatic rings. The van der Waals surface area contributed by atoms with E-state index >= 15 is 0 Å². The van der Waals surface area contributed by atoms with Gasteiger partial charge in [0.05, 0.1) is 0 Å². The fraction of sp³-hybridized carbons (Fsp3) is 0.400. The number of hydrogen-bond acceptors (Lipinski definition) is 1. The molecule has 112 valence electrons. The predicted molar refractivity (Wildman–Crippen MR) is 91.7 cm³/mol. The van der Waals surface area contributed by atoms with Crippen molar-refractivity contribution in [3.63, 3.8) is 0 Å². The monoisotopic (exact) mass is 281 g/mol. The first-order valence-electron chi connectivity index (χ1n) is 7.99. The molecule has 2 aromatic carbocycles. The van der Waals surface area contributed by atoms with Crippen molar-refractivity contribution in [3.8, 4) is 0 Å².